The van der Waals surface area contributed by atoms with Crippen molar-refractivity contribution in [1.29, 1.82) is 5.26 Å². The van der Waals surface area contributed by atoms with Gasteiger partial charge in [-0.05, 0) is 16.7 Å². The summed E-state index contributed by atoms with van der Waals surface area (Å²) in [6.07, 6.45) is 1.86. The molecule has 0 bridgehead atoms. The molecule has 0 unspecified atom stereocenters. The van der Waals surface area contributed by atoms with E-state index >= 15 is 0 Å². The first kappa shape index (κ1) is 7.02. The normalized spacial score (nSPS) is 9.20. The van der Waals surface area contributed by atoms with Gasteiger partial charge in [-0.15, -0.1) is 5.10 Å². The summed E-state index contributed by atoms with van der Waals surface area (Å²) < 4.78 is 1.45. The van der Waals surface area contributed by atoms with E-state index in [1.807, 2.05) is 12.3 Å². The van der Waals surface area contributed by atoms with E-state index in [1.54, 1.807) is 0 Å². The molecular formula is C4H5N5S. The Morgan fingerprint density at radius 1 is 1.80 bits per heavy atom. The average Bonchev–Trinajstić information content (AvgIpc) is 2.36. The quantitative estimate of drug-likeness (QED) is 0.559. The molecule has 0 spiro atoms. The number of rotatable bonds is 2. The summed E-state index contributed by atoms with van der Waals surface area (Å²) in [5.41, 5.74) is 0. The first-order valence-corrected chi connectivity index (χ1v) is 3.78. The molecular weight excluding hydrogens is 150 g/mol. The highest BCUT2D eigenvalue weighted by Gasteiger charge is 2.00. The second kappa shape index (κ2) is 3.17. The highest BCUT2D eigenvalue weighted by Crippen LogP contribution is 2.06. The molecule has 0 fully saturated rings. The summed E-state index contributed by atoms with van der Waals surface area (Å²) in [5, 5.41) is 19.6. The molecule has 0 aromatic carbocycles. The van der Waals surface area contributed by atoms with E-state index in [-0.39, 0.29) is 6.54 Å². The lowest BCUT2D eigenvalue weighted by molar-refractivity contribution is 0.620. The summed E-state index contributed by atoms with van der Waals surface area (Å²) in [7, 11) is 0. The second-order valence-corrected chi connectivity index (χ2v) is 2.25. The number of tetrazole rings is 1. The number of nitrogens with zero attached hydrogens (tertiary/aromatic N) is 5. The Bertz CT molecular complexity index is 248. The van der Waals surface area contributed by atoms with Gasteiger partial charge >= 0.3 is 0 Å². The average molecular weight is 155 g/mol. The van der Waals surface area contributed by atoms with Crippen LogP contribution in [0.25, 0.3) is 0 Å². The minimum atomic E-state index is 0.211. The molecule has 0 radical (unpaired) electrons. The van der Waals surface area contributed by atoms with Crippen LogP contribution in [0.15, 0.2) is 5.16 Å². The fourth-order valence-electron chi connectivity index (χ4n) is 0.509. The summed E-state index contributed by atoms with van der Waals surface area (Å²) in [4.78, 5) is 0. The lowest BCUT2D eigenvalue weighted by atomic mass is 10.7. The predicted octanol–water partition coefficient (Wildman–Crippen LogP) is -0.0814. The van der Waals surface area contributed by atoms with E-state index in [9.17, 15) is 0 Å². The Kier molecular flexibility index (Phi) is 2.23. The molecule has 0 atom stereocenters. The third kappa shape index (κ3) is 1.25. The molecule has 0 N–H and O–H groups in total. The predicted molar refractivity (Wildman–Crippen MR) is 35.2 cm³/mol. The first-order valence-electron chi connectivity index (χ1n) is 2.55. The van der Waals surface area contributed by atoms with E-state index in [4.69, 9.17) is 5.26 Å². The van der Waals surface area contributed by atoms with Crippen molar-refractivity contribution in [3.63, 3.8) is 0 Å². The van der Waals surface area contributed by atoms with Gasteiger partial charge in [0.25, 0.3) is 0 Å². The minimum Gasteiger partial charge on any atom is -0.206 e. The Labute approximate surface area is 62.0 Å². The topological polar surface area (TPSA) is 67.4 Å². The van der Waals surface area contributed by atoms with Crippen LogP contribution in [0.4, 0.5) is 0 Å². The van der Waals surface area contributed by atoms with Crippen LogP contribution >= 0.6 is 11.8 Å². The molecule has 0 aliphatic carbocycles. The molecule has 1 aromatic heterocycles. The van der Waals surface area contributed by atoms with Crippen molar-refractivity contribution >= 4 is 11.8 Å². The van der Waals surface area contributed by atoms with Crippen molar-refractivity contribution in [1.82, 2.24) is 20.2 Å². The van der Waals surface area contributed by atoms with E-state index in [0.717, 1.165) is 0 Å². The summed E-state index contributed by atoms with van der Waals surface area (Å²) >= 11 is 1.42. The van der Waals surface area contributed by atoms with Gasteiger partial charge in [0.05, 0.1) is 6.07 Å². The maximum absolute atomic E-state index is 8.28. The van der Waals surface area contributed by atoms with Crippen molar-refractivity contribution in [2.24, 2.45) is 0 Å². The van der Waals surface area contributed by atoms with Gasteiger partial charge in [0.1, 0.15) is 6.54 Å². The molecule has 0 saturated heterocycles. The van der Waals surface area contributed by atoms with Crippen LogP contribution in [0.5, 0.6) is 0 Å². The van der Waals surface area contributed by atoms with Crippen molar-refractivity contribution in [2.45, 2.75) is 11.7 Å². The fourth-order valence-corrected chi connectivity index (χ4v) is 0.939. The standard InChI is InChI=1S/C4H5N5S/c1-10-4-6-7-8-9(4)3-2-5/h3H2,1H3. The Morgan fingerprint density at radius 3 is 3.20 bits per heavy atom. The van der Waals surface area contributed by atoms with Gasteiger partial charge in [0.2, 0.25) is 5.16 Å². The van der Waals surface area contributed by atoms with Crippen LogP contribution in [0.1, 0.15) is 0 Å². The molecule has 6 heteroatoms. The van der Waals surface area contributed by atoms with Crippen LogP contribution in [0.3, 0.4) is 0 Å². The monoisotopic (exact) mass is 155 g/mol. The molecule has 1 heterocycles. The molecule has 0 aliphatic heterocycles. The van der Waals surface area contributed by atoms with Crippen LogP contribution < -0.4 is 0 Å². The SMILES string of the molecule is CSc1nnnn1CC#N. The number of thioether (sulfide) groups is 1. The third-order valence-corrected chi connectivity index (χ3v) is 1.56. The van der Waals surface area contributed by atoms with Crippen LogP contribution in [0, 0.1) is 11.3 Å². The lowest BCUT2D eigenvalue weighted by Crippen LogP contribution is -1.99. The van der Waals surface area contributed by atoms with Crippen molar-refractivity contribution in [3.05, 3.63) is 0 Å². The van der Waals surface area contributed by atoms with Gasteiger partial charge in [0, 0.05) is 0 Å². The van der Waals surface area contributed by atoms with Gasteiger partial charge in [-0.1, -0.05) is 11.8 Å². The molecule has 0 aliphatic rings. The highest BCUT2D eigenvalue weighted by molar-refractivity contribution is 7.98. The van der Waals surface area contributed by atoms with Gasteiger partial charge in [-0.2, -0.15) is 5.26 Å². The molecule has 1 aromatic rings. The lowest BCUT2D eigenvalue weighted by Gasteiger charge is -1.91. The zero-order valence-corrected chi connectivity index (χ0v) is 6.17. The number of nitriles is 1. The Balaban J connectivity index is 2.82. The summed E-state index contributed by atoms with van der Waals surface area (Å²) in [5.74, 6) is 0. The van der Waals surface area contributed by atoms with Crippen LogP contribution in [-0.2, 0) is 6.54 Å². The van der Waals surface area contributed by atoms with Gasteiger partial charge in [0.15, 0.2) is 0 Å². The molecule has 5 nitrogen and oxygen atoms in total. The van der Waals surface area contributed by atoms with E-state index in [2.05, 4.69) is 15.5 Å². The molecule has 0 amide bonds. The zero-order chi connectivity index (χ0) is 7.40. The number of aromatic nitrogens is 4. The van der Waals surface area contributed by atoms with E-state index in [0.29, 0.717) is 5.16 Å². The summed E-state index contributed by atoms with van der Waals surface area (Å²) in [6.45, 7) is 0.211. The number of hydrogen-bond donors (Lipinski definition) is 0. The number of hydrogen-bond acceptors (Lipinski definition) is 5. The van der Waals surface area contributed by atoms with E-state index < -0.39 is 0 Å². The van der Waals surface area contributed by atoms with Crippen molar-refractivity contribution in [2.75, 3.05) is 6.26 Å². The third-order valence-electron chi connectivity index (χ3n) is 0.902. The Morgan fingerprint density at radius 2 is 2.60 bits per heavy atom. The van der Waals surface area contributed by atoms with Gasteiger partial charge < -0.3 is 0 Å². The molecule has 1 rings (SSSR count). The first-order chi connectivity index (χ1) is 4.88. The zero-order valence-electron chi connectivity index (χ0n) is 5.35. The van der Waals surface area contributed by atoms with Gasteiger partial charge in [-0.3, -0.25) is 0 Å². The minimum absolute atomic E-state index is 0.211. The second-order valence-electron chi connectivity index (χ2n) is 1.48. The van der Waals surface area contributed by atoms with Crippen LogP contribution in [0.2, 0.25) is 0 Å². The van der Waals surface area contributed by atoms with E-state index in [1.165, 1.54) is 16.4 Å². The molecule has 52 valence electrons. The molecule has 0 saturated carbocycles. The van der Waals surface area contributed by atoms with Crippen LogP contribution in [-0.4, -0.2) is 26.5 Å². The maximum Gasteiger partial charge on any atom is 0.210 e. The molecule has 10 heavy (non-hydrogen) atoms. The highest BCUT2D eigenvalue weighted by atomic mass is 32.2. The fraction of sp³-hybridized carbons (Fsp3) is 0.500. The largest absolute Gasteiger partial charge is 0.210 e. The maximum atomic E-state index is 8.28. The smallest absolute Gasteiger partial charge is 0.206 e. The Hall–Kier alpha value is -1.09. The van der Waals surface area contributed by atoms with Crippen molar-refractivity contribution in [3.8, 4) is 6.07 Å². The van der Waals surface area contributed by atoms with Crippen molar-refractivity contribution < 1.29 is 0 Å². The van der Waals surface area contributed by atoms with Gasteiger partial charge in [-0.25, -0.2) is 4.68 Å². The summed E-state index contributed by atoms with van der Waals surface area (Å²) in [6, 6.07) is 1.95.